The van der Waals surface area contributed by atoms with Gasteiger partial charge in [0.05, 0.1) is 32.0 Å². The maximum Gasteiger partial charge on any atom is 0.338 e. The molecule has 0 aliphatic rings. The number of benzene rings is 2. The molecule has 1 heterocycles. The van der Waals surface area contributed by atoms with Gasteiger partial charge in [-0.15, -0.1) is 0 Å². The molecule has 0 spiro atoms. The standard InChI is InChI=1S/C24H27N3O5/c1-16-22(17(2)27(26-16)14-18-8-6-5-7-9-18)13-25-23(28)15-32-24(29)19-10-20(30-3)12-21(11-19)31-4/h5-12H,13-15H2,1-4H3,(H,25,28). The molecular formula is C24H27N3O5. The van der Waals surface area contributed by atoms with Gasteiger partial charge in [0.2, 0.25) is 0 Å². The normalized spacial score (nSPS) is 10.5. The summed E-state index contributed by atoms with van der Waals surface area (Å²) in [6.45, 7) is 4.44. The molecule has 0 fully saturated rings. The molecule has 32 heavy (non-hydrogen) atoms. The van der Waals surface area contributed by atoms with Crippen LogP contribution in [0.15, 0.2) is 48.5 Å². The van der Waals surface area contributed by atoms with E-state index in [1.54, 1.807) is 6.07 Å². The van der Waals surface area contributed by atoms with Crippen molar-refractivity contribution in [2.24, 2.45) is 0 Å². The van der Waals surface area contributed by atoms with Crippen LogP contribution < -0.4 is 14.8 Å². The number of methoxy groups -OCH3 is 2. The van der Waals surface area contributed by atoms with Crippen molar-refractivity contribution in [3.63, 3.8) is 0 Å². The molecule has 1 aromatic heterocycles. The van der Waals surface area contributed by atoms with E-state index in [-0.39, 0.29) is 5.56 Å². The first kappa shape index (κ1) is 22.9. The van der Waals surface area contributed by atoms with Crippen molar-refractivity contribution in [1.29, 1.82) is 0 Å². The number of hydrogen-bond donors (Lipinski definition) is 1. The van der Waals surface area contributed by atoms with Crippen molar-refractivity contribution in [2.45, 2.75) is 26.9 Å². The number of carbonyl (C=O) groups excluding carboxylic acids is 2. The van der Waals surface area contributed by atoms with Gasteiger partial charge in [-0.3, -0.25) is 9.48 Å². The molecule has 0 saturated carbocycles. The van der Waals surface area contributed by atoms with Gasteiger partial charge in [0.25, 0.3) is 5.91 Å². The Morgan fingerprint density at radius 3 is 2.28 bits per heavy atom. The monoisotopic (exact) mass is 437 g/mol. The Hall–Kier alpha value is -3.81. The number of hydrogen-bond acceptors (Lipinski definition) is 6. The molecule has 0 saturated heterocycles. The van der Waals surface area contributed by atoms with Crippen LogP contribution in [-0.4, -0.2) is 42.5 Å². The number of aryl methyl sites for hydroxylation is 1. The van der Waals surface area contributed by atoms with Gasteiger partial charge < -0.3 is 19.5 Å². The Labute approximate surface area is 187 Å². The van der Waals surface area contributed by atoms with Gasteiger partial charge in [0.15, 0.2) is 6.61 Å². The fraction of sp³-hybridized carbons (Fsp3) is 0.292. The van der Waals surface area contributed by atoms with Crippen LogP contribution in [-0.2, 0) is 22.6 Å². The van der Waals surface area contributed by atoms with Gasteiger partial charge in [-0.05, 0) is 31.5 Å². The molecule has 1 N–H and O–H groups in total. The van der Waals surface area contributed by atoms with Crippen LogP contribution in [0.2, 0.25) is 0 Å². The second-order valence-electron chi connectivity index (χ2n) is 7.25. The Morgan fingerprint density at radius 1 is 1.00 bits per heavy atom. The summed E-state index contributed by atoms with van der Waals surface area (Å²) in [6, 6.07) is 14.7. The van der Waals surface area contributed by atoms with Crippen LogP contribution in [0.4, 0.5) is 0 Å². The molecule has 0 unspecified atom stereocenters. The molecular weight excluding hydrogens is 410 g/mol. The Kier molecular flexibility index (Phi) is 7.49. The lowest BCUT2D eigenvalue weighted by atomic mass is 10.2. The molecule has 0 radical (unpaired) electrons. The smallest absolute Gasteiger partial charge is 0.338 e. The highest BCUT2D eigenvalue weighted by Gasteiger charge is 2.15. The third-order valence-electron chi connectivity index (χ3n) is 5.09. The highest BCUT2D eigenvalue weighted by atomic mass is 16.5. The van der Waals surface area contributed by atoms with Gasteiger partial charge in [-0.1, -0.05) is 30.3 Å². The van der Waals surface area contributed by atoms with E-state index in [1.807, 2.05) is 48.9 Å². The van der Waals surface area contributed by atoms with Crippen LogP contribution in [0.3, 0.4) is 0 Å². The third-order valence-corrected chi connectivity index (χ3v) is 5.09. The Bertz CT molecular complexity index is 1070. The second-order valence-corrected chi connectivity index (χ2v) is 7.25. The van der Waals surface area contributed by atoms with Gasteiger partial charge >= 0.3 is 5.97 Å². The molecule has 3 aromatic rings. The maximum absolute atomic E-state index is 12.3. The highest BCUT2D eigenvalue weighted by molar-refractivity contribution is 5.92. The zero-order valence-corrected chi connectivity index (χ0v) is 18.7. The molecule has 8 heteroatoms. The van der Waals surface area contributed by atoms with E-state index in [2.05, 4.69) is 10.4 Å². The molecule has 3 rings (SSSR count). The first-order valence-corrected chi connectivity index (χ1v) is 10.1. The number of carbonyl (C=O) groups is 2. The van der Waals surface area contributed by atoms with Crippen molar-refractivity contribution < 1.29 is 23.8 Å². The summed E-state index contributed by atoms with van der Waals surface area (Å²) in [5, 5.41) is 7.38. The van der Waals surface area contributed by atoms with E-state index < -0.39 is 18.5 Å². The summed E-state index contributed by atoms with van der Waals surface area (Å²) < 4.78 is 17.4. The predicted octanol–water partition coefficient (Wildman–Crippen LogP) is 3.04. The summed E-state index contributed by atoms with van der Waals surface area (Å²) in [4.78, 5) is 24.6. The van der Waals surface area contributed by atoms with Crippen LogP contribution in [0.5, 0.6) is 11.5 Å². The van der Waals surface area contributed by atoms with E-state index in [0.29, 0.717) is 24.6 Å². The quantitative estimate of drug-likeness (QED) is 0.518. The number of esters is 1. The first-order valence-electron chi connectivity index (χ1n) is 10.1. The average Bonchev–Trinajstić information content (AvgIpc) is 3.08. The van der Waals surface area contributed by atoms with Crippen LogP contribution in [0.1, 0.15) is 32.9 Å². The van der Waals surface area contributed by atoms with E-state index in [4.69, 9.17) is 14.2 Å². The fourth-order valence-electron chi connectivity index (χ4n) is 3.28. The van der Waals surface area contributed by atoms with Crippen molar-refractivity contribution in [1.82, 2.24) is 15.1 Å². The summed E-state index contributed by atoms with van der Waals surface area (Å²) in [5.74, 6) is -0.123. The second kappa shape index (κ2) is 10.5. The number of rotatable bonds is 9. The number of aromatic nitrogens is 2. The minimum Gasteiger partial charge on any atom is -0.497 e. The minimum atomic E-state index is -0.639. The van der Waals surface area contributed by atoms with Gasteiger partial charge in [0.1, 0.15) is 11.5 Å². The summed E-state index contributed by atoms with van der Waals surface area (Å²) in [7, 11) is 2.98. The topological polar surface area (TPSA) is 91.7 Å². The van der Waals surface area contributed by atoms with Crippen molar-refractivity contribution in [2.75, 3.05) is 20.8 Å². The largest absolute Gasteiger partial charge is 0.497 e. The first-order chi connectivity index (χ1) is 15.4. The van der Waals surface area contributed by atoms with E-state index in [9.17, 15) is 9.59 Å². The zero-order chi connectivity index (χ0) is 23.1. The molecule has 0 aliphatic heterocycles. The predicted molar refractivity (Wildman–Crippen MR) is 119 cm³/mol. The lowest BCUT2D eigenvalue weighted by Gasteiger charge is -2.10. The van der Waals surface area contributed by atoms with E-state index >= 15 is 0 Å². The summed E-state index contributed by atoms with van der Waals surface area (Å²) >= 11 is 0. The van der Waals surface area contributed by atoms with Crippen LogP contribution in [0, 0.1) is 13.8 Å². The van der Waals surface area contributed by atoms with E-state index in [1.165, 1.54) is 26.4 Å². The zero-order valence-electron chi connectivity index (χ0n) is 18.7. The van der Waals surface area contributed by atoms with Gasteiger partial charge in [-0.25, -0.2) is 4.79 Å². The van der Waals surface area contributed by atoms with Crippen molar-refractivity contribution in [3.05, 3.63) is 76.6 Å². The van der Waals surface area contributed by atoms with Crippen LogP contribution in [0.25, 0.3) is 0 Å². The SMILES string of the molecule is COc1cc(OC)cc(C(=O)OCC(=O)NCc2c(C)nn(Cc3ccccc3)c2C)c1. The number of ether oxygens (including phenoxy) is 3. The summed E-state index contributed by atoms with van der Waals surface area (Å²) in [5.41, 5.74) is 4.15. The number of nitrogens with zero attached hydrogens (tertiary/aromatic N) is 2. The molecule has 8 nitrogen and oxygen atoms in total. The molecule has 2 aromatic carbocycles. The van der Waals surface area contributed by atoms with Crippen molar-refractivity contribution >= 4 is 11.9 Å². The maximum atomic E-state index is 12.3. The van der Waals surface area contributed by atoms with Crippen LogP contribution >= 0.6 is 0 Å². The lowest BCUT2D eigenvalue weighted by Crippen LogP contribution is -2.28. The highest BCUT2D eigenvalue weighted by Crippen LogP contribution is 2.23. The summed E-state index contributed by atoms with van der Waals surface area (Å²) in [6.07, 6.45) is 0. The lowest BCUT2D eigenvalue weighted by molar-refractivity contribution is -0.124. The van der Waals surface area contributed by atoms with Gasteiger partial charge in [-0.2, -0.15) is 5.10 Å². The Balaban J connectivity index is 1.56. The molecule has 0 bridgehead atoms. The number of amides is 1. The third kappa shape index (κ3) is 5.66. The fourth-order valence-corrected chi connectivity index (χ4v) is 3.28. The van der Waals surface area contributed by atoms with Gasteiger partial charge in [0, 0.05) is 23.9 Å². The minimum absolute atomic E-state index is 0.239. The molecule has 168 valence electrons. The average molecular weight is 437 g/mol. The molecule has 0 aliphatic carbocycles. The number of nitrogens with one attached hydrogen (secondary N) is 1. The Morgan fingerprint density at radius 2 is 1.66 bits per heavy atom. The van der Waals surface area contributed by atoms with Crippen molar-refractivity contribution in [3.8, 4) is 11.5 Å². The molecule has 1 amide bonds. The van der Waals surface area contributed by atoms with E-state index in [0.717, 1.165) is 22.5 Å². The molecule has 0 atom stereocenters.